The molecule has 1 rings (SSSR count). The Bertz CT molecular complexity index is 289. The van der Waals surface area contributed by atoms with Gasteiger partial charge in [0.05, 0.1) is 0 Å². The molecule has 0 radical (unpaired) electrons. The van der Waals surface area contributed by atoms with Crippen molar-refractivity contribution in [3.63, 3.8) is 0 Å². The van der Waals surface area contributed by atoms with Gasteiger partial charge in [0.1, 0.15) is 11.5 Å². The Morgan fingerprint density at radius 3 is 2.14 bits per heavy atom. The third kappa shape index (κ3) is 1.36. The van der Waals surface area contributed by atoms with Crippen LogP contribution in [0.5, 0.6) is 0 Å². The second-order valence-electron chi connectivity index (χ2n) is 3.89. The minimum absolute atomic E-state index is 0.00463. The van der Waals surface area contributed by atoms with Gasteiger partial charge in [0.15, 0.2) is 5.79 Å². The number of rotatable bonds is 2. The maximum atomic E-state index is 11.1. The maximum absolute atomic E-state index is 11.1. The average molecular weight is 202 g/mol. The van der Waals surface area contributed by atoms with E-state index in [2.05, 4.69) is 0 Å². The Balaban J connectivity index is 3.00. The van der Waals surface area contributed by atoms with Crippen molar-refractivity contribution in [3.8, 4) is 0 Å². The van der Waals surface area contributed by atoms with E-state index in [-0.39, 0.29) is 6.42 Å². The Hall–Kier alpha value is -1.14. The standard InChI is InChI=1S/C8H14N2O4/c1-7(6(10)12)3-4(5(9)11)14-8(7,2)13/h4,13H,3H2,1-2H3,(H2,9,11)(H2,10,12). The van der Waals surface area contributed by atoms with Gasteiger partial charge in [0, 0.05) is 6.42 Å². The van der Waals surface area contributed by atoms with E-state index >= 15 is 0 Å². The summed E-state index contributed by atoms with van der Waals surface area (Å²) in [6, 6.07) is 0. The van der Waals surface area contributed by atoms with Crippen molar-refractivity contribution in [1.29, 1.82) is 0 Å². The Morgan fingerprint density at radius 1 is 1.43 bits per heavy atom. The molecule has 0 saturated carbocycles. The number of amides is 2. The molecule has 1 heterocycles. The molecule has 3 unspecified atom stereocenters. The molecule has 6 heteroatoms. The topological polar surface area (TPSA) is 116 Å². The van der Waals surface area contributed by atoms with Crippen molar-refractivity contribution in [2.75, 3.05) is 0 Å². The zero-order valence-electron chi connectivity index (χ0n) is 8.11. The van der Waals surface area contributed by atoms with Gasteiger partial charge in [0.25, 0.3) is 0 Å². The molecule has 5 N–H and O–H groups in total. The summed E-state index contributed by atoms with van der Waals surface area (Å²) in [7, 11) is 0. The lowest BCUT2D eigenvalue weighted by Crippen LogP contribution is -2.49. The molecule has 3 atom stereocenters. The van der Waals surface area contributed by atoms with Gasteiger partial charge in [-0.25, -0.2) is 0 Å². The lowest BCUT2D eigenvalue weighted by molar-refractivity contribution is -0.219. The van der Waals surface area contributed by atoms with Crippen LogP contribution in [0.2, 0.25) is 0 Å². The largest absolute Gasteiger partial charge is 0.369 e. The van der Waals surface area contributed by atoms with Gasteiger partial charge in [-0.3, -0.25) is 9.59 Å². The first-order valence-electron chi connectivity index (χ1n) is 4.20. The Kier molecular flexibility index (Phi) is 2.29. The summed E-state index contributed by atoms with van der Waals surface area (Å²) in [5.41, 5.74) is 8.87. The second-order valence-corrected chi connectivity index (χ2v) is 3.89. The number of hydrogen-bond donors (Lipinski definition) is 3. The van der Waals surface area contributed by atoms with Crippen molar-refractivity contribution in [2.45, 2.75) is 32.2 Å². The molecular formula is C8H14N2O4. The fourth-order valence-corrected chi connectivity index (χ4v) is 1.50. The van der Waals surface area contributed by atoms with Crippen LogP contribution in [0, 0.1) is 5.41 Å². The Morgan fingerprint density at radius 2 is 1.93 bits per heavy atom. The molecule has 1 aliphatic heterocycles. The smallest absolute Gasteiger partial charge is 0.246 e. The highest BCUT2D eigenvalue weighted by atomic mass is 16.6. The number of primary amides is 2. The predicted octanol–water partition coefficient (Wildman–Crippen LogP) is -1.54. The third-order valence-corrected chi connectivity index (χ3v) is 2.85. The first-order valence-corrected chi connectivity index (χ1v) is 4.20. The van der Waals surface area contributed by atoms with Gasteiger partial charge < -0.3 is 21.3 Å². The molecule has 0 aromatic carbocycles. The molecule has 0 aliphatic carbocycles. The molecule has 0 aromatic heterocycles. The van der Waals surface area contributed by atoms with Crippen molar-refractivity contribution in [2.24, 2.45) is 16.9 Å². The fourth-order valence-electron chi connectivity index (χ4n) is 1.50. The first-order chi connectivity index (χ1) is 6.21. The highest BCUT2D eigenvalue weighted by Gasteiger charge is 2.58. The SMILES string of the molecule is CC1(O)OC(C(N)=O)CC1(C)C(N)=O. The number of ether oxygens (including phenoxy) is 1. The zero-order chi connectivity index (χ0) is 11.1. The molecule has 6 nitrogen and oxygen atoms in total. The first kappa shape index (κ1) is 10.9. The minimum Gasteiger partial charge on any atom is -0.369 e. The van der Waals surface area contributed by atoms with Gasteiger partial charge in [-0.15, -0.1) is 0 Å². The lowest BCUT2D eigenvalue weighted by Gasteiger charge is -2.31. The monoisotopic (exact) mass is 202 g/mol. The lowest BCUT2D eigenvalue weighted by atomic mass is 9.79. The van der Waals surface area contributed by atoms with E-state index in [1.54, 1.807) is 0 Å². The highest BCUT2D eigenvalue weighted by Crippen LogP contribution is 2.44. The molecule has 1 saturated heterocycles. The molecule has 0 bridgehead atoms. The van der Waals surface area contributed by atoms with Gasteiger partial charge in [-0.1, -0.05) is 0 Å². The van der Waals surface area contributed by atoms with Gasteiger partial charge in [-0.2, -0.15) is 0 Å². The number of carbonyl (C=O) groups excluding carboxylic acids is 2. The Labute approximate surface area is 81.2 Å². The molecule has 1 fully saturated rings. The van der Waals surface area contributed by atoms with Crippen LogP contribution in [0.4, 0.5) is 0 Å². The van der Waals surface area contributed by atoms with Crippen LogP contribution in [-0.4, -0.2) is 28.8 Å². The van der Waals surface area contributed by atoms with Crippen LogP contribution in [0.15, 0.2) is 0 Å². The van der Waals surface area contributed by atoms with Crippen LogP contribution in [0.1, 0.15) is 20.3 Å². The summed E-state index contributed by atoms with van der Waals surface area (Å²) in [5.74, 6) is -3.18. The minimum atomic E-state index is -1.75. The summed E-state index contributed by atoms with van der Waals surface area (Å²) < 4.78 is 4.97. The number of nitrogens with two attached hydrogens (primary N) is 2. The molecule has 2 amide bonds. The van der Waals surface area contributed by atoms with Crippen LogP contribution in [0.3, 0.4) is 0 Å². The number of aliphatic hydroxyl groups is 1. The summed E-state index contributed by atoms with van der Waals surface area (Å²) in [6.07, 6.45) is -0.965. The van der Waals surface area contributed by atoms with Crippen molar-refractivity contribution < 1.29 is 19.4 Å². The number of hydrogen-bond acceptors (Lipinski definition) is 4. The van der Waals surface area contributed by atoms with Crippen LogP contribution in [0.25, 0.3) is 0 Å². The molecular weight excluding hydrogens is 188 g/mol. The van der Waals surface area contributed by atoms with E-state index in [0.717, 1.165) is 0 Å². The average Bonchev–Trinajstić information content (AvgIpc) is 2.24. The molecule has 80 valence electrons. The molecule has 14 heavy (non-hydrogen) atoms. The maximum Gasteiger partial charge on any atom is 0.246 e. The fraction of sp³-hybridized carbons (Fsp3) is 0.750. The highest BCUT2D eigenvalue weighted by molar-refractivity contribution is 5.85. The van der Waals surface area contributed by atoms with E-state index in [9.17, 15) is 14.7 Å². The quantitative estimate of drug-likeness (QED) is 0.503. The van der Waals surface area contributed by atoms with Crippen LogP contribution < -0.4 is 11.5 Å². The van der Waals surface area contributed by atoms with E-state index in [0.29, 0.717) is 0 Å². The molecule has 0 aromatic rings. The van der Waals surface area contributed by atoms with E-state index in [1.807, 2.05) is 0 Å². The normalized spacial score (nSPS) is 42.4. The third-order valence-electron chi connectivity index (χ3n) is 2.85. The predicted molar refractivity (Wildman–Crippen MR) is 46.6 cm³/mol. The number of carbonyl (C=O) groups is 2. The van der Waals surface area contributed by atoms with E-state index in [4.69, 9.17) is 16.2 Å². The van der Waals surface area contributed by atoms with Crippen molar-refractivity contribution in [3.05, 3.63) is 0 Å². The van der Waals surface area contributed by atoms with Crippen LogP contribution in [-0.2, 0) is 14.3 Å². The van der Waals surface area contributed by atoms with Crippen LogP contribution >= 0.6 is 0 Å². The van der Waals surface area contributed by atoms with Gasteiger partial charge in [0.2, 0.25) is 11.8 Å². The summed E-state index contributed by atoms with van der Waals surface area (Å²) in [6.45, 7) is 2.74. The van der Waals surface area contributed by atoms with Gasteiger partial charge in [-0.05, 0) is 13.8 Å². The van der Waals surface area contributed by atoms with Gasteiger partial charge >= 0.3 is 0 Å². The summed E-state index contributed by atoms with van der Waals surface area (Å²) >= 11 is 0. The second kappa shape index (κ2) is 2.93. The summed E-state index contributed by atoms with van der Waals surface area (Å²) in [4.78, 5) is 22.0. The zero-order valence-corrected chi connectivity index (χ0v) is 8.11. The van der Waals surface area contributed by atoms with E-state index < -0.39 is 29.1 Å². The molecule has 1 aliphatic rings. The van der Waals surface area contributed by atoms with Crippen molar-refractivity contribution >= 4 is 11.8 Å². The summed E-state index contributed by atoms with van der Waals surface area (Å²) in [5, 5.41) is 9.77. The van der Waals surface area contributed by atoms with Crippen molar-refractivity contribution in [1.82, 2.24) is 0 Å². The van der Waals surface area contributed by atoms with E-state index in [1.165, 1.54) is 13.8 Å². The molecule has 0 spiro atoms.